The third kappa shape index (κ3) is 3.66. The maximum absolute atomic E-state index is 15.3. The molecule has 0 bridgehead atoms. The standard InChI is InChI=1S/C19H23FN2O5S/c20-19-14-8-13(21-10-11-3-5-27-6-4-11)2-1-12(14)7-15(23)18(19)16-9-17(24)22-28(16,25)26/h7,9,11,13,21,23H,1-6,8,10H2,(H,22,24). The minimum absolute atomic E-state index is 0.0798. The summed E-state index contributed by atoms with van der Waals surface area (Å²) in [5, 5.41) is 13.8. The predicted octanol–water partition coefficient (Wildman–Crippen LogP) is 1.21. The highest BCUT2D eigenvalue weighted by Crippen LogP contribution is 2.38. The molecule has 28 heavy (non-hydrogen) atoms. The number of phenolic OH excluding ortho intramolecular Hbond substituents is 1. The van der Waals surface area contributed by atoms with Crippen LogP contribution in [0.4, 0.5) is 4.39 Å². The average molecular weight is 410 g/mol. The first-order chi connectivity index (χ1) is 13.3. The minimum Gasteiger partial charge on any atom is -0.507 e. The average Bonchev–Trinajstić information content (AvgIpc) is 2.93. The Morgan fingerprint density at radius 3 is 2.71 bits per heavy atom. The van der Waals surface area contributed by atoms with Crippen molar-refractivity contribution >= 4 is 20.8 Å². The second-order valence-electron chi connectivity index (χ2n) is 7.60. The highest BCUT2D eigenvalue weighted by molar-refractivity contribution is 8.00. The molecule has 4 rings (SSSR count). The third-order valence-electron chi connectivity index (χ3n) is 5.72. The van der Waals surface area contributed by atoms with Crippen molar-refractivity contribution in [1.82, 2.24) is 10.0 Å². The largest absolute Gasteiger partial charge is 0.507 e. The second-order valence-corrected chi connectivity index (χ2v) is 9.26. The number of aromatic hydroxyl groups is 1. The maximum Gasteiger partial charge on any atom is 0.265 e. The van der Waals surface area contributed by atoms with Gasteiger partial charge < -0.3 is 15.2 Å². The van der Waals surface area contributed by atoms with Gasteiger partial charge in [0.2, 0.25) is 0 Å². The Hall–Kier alpha value is -1.97. The first kappa shape index (κ1) is 19.4. The lowest BCUT2D eigenvalue weighted by Crippen LogP contribution is -2.39. The number of fused-ring (bicyclic) bond motifs is 1. The quantitative estimate of drug-likeness (QED) is 0.689. The second kappa shape index (κ2) is 7.46. The van der Waals surface area contributed by atoms with Gasteiger partial charge in [-0.15, -0.1) is 0 Å². The lowest BCUT2D eigenvalue weighted by molar-refractivity contribution is -0.114. The molecule has 1 fully saturated rings. The van der Waals surface area contributed by atoms with Crippen LogP contribution >= 0.6 is 0 Å². The van der Waals surface area contributed by atoms with Crippen LogP contribution in [-0.2, 0) is 32.4 Å². The van der Waals surface area contributed by atoms with E-state index in [1.165, 1.54) is 6.07 Å². The van der Waals surface area contributed by atoms with Crippen LogP contribution in [-0.4, -0.2) is 45.2 Å². The zero-order chi connectivity index (χ0) is 19.9. The summed E-state index contributed by atoms with van der Waals surface area (Å²) in [5.41, 5.74) is 0.652. The molecule has 0 spiro atoms. The summed E-state index contributed by atoms with van der Waals surface area (Å²) in [4.78, 5) is 10.9. The molecule has 2 heterocycles. The highest BCUT2D eigenvalue weighted by Gasteiger charge is 2.35. The number of hydrogen-bond acceptors (Lipinski definition) is 6. The number of amides is 1. The predicted molar refractivity (Wildman–Crippen MR) is 100 cm³/mol. The molecule has 1 aromatic rings. The Morgan fingerprint density at radius 2 is 2.04 bits per heavy atom. The molecule has 2 aliphatic heterocycles. The molecule has 0 aromatic heterocycles. The number of halogens is 1. The molecule has 1 aromatic carbocycles. The summed E-state index contributed by atoms with van der Waals surface area (Å²) in [5.74, 6) is -1.53. The van der Waals surface area contributed by atoms with Crippen molar-refractivity contribution in [3.63, 3.8) is 0 Å². The van der Waals surface area contributed by atoms with Crippen LogP contribution in [0.25, 0.3) is 4.91 Å². The Kier molecular flexibility index (Phi) is 5.15. The molecule has 1 aliphatic carbocycles. The van der Waals surface area contributed by atoms with Crippen LogP contribution in [0, 0.1) is 11.7 Å². The molecule has 7 nitrogen and oxygen atoms in total. The Labute approximate surface area is 163 Å². The van der Waals surface area contributed by atoms with Crippen molar-refractivity contribution in [2.75, 3.05) is 19.8 Å². The SMILES string of the molecule is O=C1C=C(c2c(O)cc3c(c2F)CC(NCC2CCOCC2)CC3)S(=O)(=O)N1. The van der Waals surface area contributed by atoms with E-state index in [-0.39, 0.29) is 6.04 Å². The summed E-state index contributed by atoms with van der Waals surface area (Å²) in [7, 11) is -4.17. The van der Waals surface area contributed by atoms with E-state index in [1.807, 2.05) is 0 Å². The lowest BCUT2D eigenvalue weighted by Gasteiger charge is -2.30. The Morgan fingerprint density at radius 1 is 1.29 bits per heavy atom. The monoisotopic (exact) mass is 410 g/mol. The van der Waals surface area contributed by atoms with Crippen molar-refractivity contribution in [2.45, 2.75) is 38.1 Å². The van der Waals surface area contributed by atoms with Crippen molar-refractivity contribution < 1.29 is 27.4 Å². The summed E-state index contributed by atoms with van der Waals surface area (Å²) in [6.45, 7) is 2.38. The highest BCUT2D eigenvalue weighted by atomic mass is 32.2. The molecule has 1 saturated heterocycles. The van der Waals surface area contributed by atoms with Crippen molar-refractivity contribution in [3.8, 4) is 5.75 Å². The summed E-state index contributed by atoms with van der Waals surface area (Å²) in [6, 6.07) is 1.50. The number of benzene rings is 1. The number of hydrogen-bond donors (Lipinski definition) is 3. The van der Waals surface area contributed by atoms with Gasteiger partial charge in [0, 0.05) is 25.3 Å². The number of phenols is 1. The maximum atomic E-state index is 15.3. The zero-order valence-electron chi connectivity index (χ0n) is 15.3. The van der Waals surface area contributed by atoms with Gasteiger partial charge in [-0.25, -0.2) is 17.5 Å². The molecule has 1 amide bonds. The molecule has 3 N–H and O–H groups in total. The van der Waals surface area contributed by atoms with Gasteiger partial charge in [0.1, 0.15) is 16.5 Å². The molecule has 1 unspecified atom stereocenters. The topological polar surface area (TPSA) is 105 Å². The van der Waals surface area contributed by atoms with E-state index in [1.54, 1.807) is 4.72 Å². The first-order valence-corrected chi connectivity index (χ1v) is 11.0. The molecule has 152 valence electrons. The summed E-state index contributed by atoms with van der Waals surface area (Å²) >= 11 is 0. The van der Waals surface area contributed by atoms with E-state index >= 15 is 4.39 Å². The fourth-order valence-electron chi connectivity index (χ4n) is 4.16. The number of ether oxygens (including phenoxy) is 1. The normalized spacial score (nSPS) is 24.5. The van der Waals surface area contributed by atoms with E-state index in [2.05, 4.69) is 5.32 Å². The van der Waals surface area contributed by atoms with E-state index in [4.69, 9.17) is 4.74 Å². The van der Waals surface area contributed by atoms with Crippen LogP contribution < -0.4 is 10.0 Å². The number of carbonyl (C=O) groups is 1. The number of carbonyl (C=O) groups excluding carboxylic acids is 1. The molecule has 3 aliphatic rings. The van der Waals surface area contributed by atoms with Crippen molar-refractivity contribution in [3.05, 3.63) is 34.6 Å². The fourth-order valence-corrected chi connectivity index (χ4v) is 5.32. The first-order valence-electron chi connectivity index (χ1n) is 9.48. The van der Waals surface area contributed by atoms with Crippen molar-refractivity contribution in [1.29, 1.82) is 0 Å². The summed E-state index contributed by atoms with van der Waals surface area (Å²) in [6.07, 6.45) is 4.64. The van der Waals surface area contributed by atoms with Gasteiger partial charge in [0.25, 0.3) is 15.9 Å². The van der Waals surface area contributed by atoms with E-state index in [9.17, 15) is 18.3 Å². The van der Waals surface area contributed by atoms with Crippen LogP contribution in [0.15, 0.2) is 12.1 Å². The molecular formula is C19H23FN2O5S. The van der Waals surface area contributed by atoms with Gasteiger partial charge >= 0.3 is 0 Å². The van der Waals surface area contributed by atoms with E-state index in [0.717, 1.165) is 45.1 Å². The van der Waals surface area contributed by atoms with Gasteiger partial charge in [-0.05, 0) is 61.8 Å². The third-order valence-corrected chi connectivity index (χ3v) is 7.09. The lowest BCUT2D eigenvalue weighted by atomic mass is 9.85. The number of rotatable bonds is 4. The molecule has 1 atom stereocenters. The van der Waals surface area contributed by atoms with Crippen LogP contribution in [0.3, 0.4) is 0 Å². The minimum atomic E-state index is -4.17. The smallest absolute Gasteiger partial charge is 0.265 e. The van der Waals surface area contributed by atoms with E-state index < -0.39 is 38.0 Å². The van der Waals surface area contributed by atoms with Gasteiger partial charge in [0.15, 0.2) is 0 Å². The van der Waals surface area contributed by atoms with Crippen LogP contribution in [0.1, 0.15) is 36.0 Å². The van der Waals surface area contributed by atoms with Crippen molar-refractivity contribution in [2.24, 2.45) is 5.92 Å². The summed E-state index contributed by atoms with van der Waals surface area (Å²) < 4.78 is 46.6. The van der Waals surface area contributed by atoms with Crippen LogP contribution in [0.5, 0.6) is 5.75 Å². The molecular weight excluding hydrogens is 387 g/mol. The van der Waals surface area contributed by atoms with Gasteiger partial charge in [-0.1, -0.05) is 0 Å². The molecule has 9 heteroatoms. The number of aryl methyl sites for hydroxylation is 1. The molecule has 0 saturated carbocycles. The van der Waals surface area contributed by atoms with Crippen LogP contribution in [0.2, 0.25) is 0 Å². The number of sulfonamides is 1. The van der Waals surface area contributed by atoms with Gasteiger partial charge in [-0.3, -0.25) is 4.79 Å². The Bertz CT molecular complexity index is 938. The Balaban J connectivity index is 1.57. The fraction of sp³-hybridized carbons (Fsp3) is 0.526. The van der Waals surface area contributed by atoms with E-state index in [0.29, 0.717) is 29.9 Å². The number of nitrogens with one attached hydrogen (secondary N) is 2. The van der Waals surface area contributed by atoms with Gasteiger partial charge in [0.05, 0.1) is 5.56 Å². The molecule has 0 radical (unpaired) electrons. The van der Waals surface area contributed by atoms with Gasteiger partial charge in [-0.2, -0.15) is 0 Å². The zero-order valence-corrected chi connectivity index (χ0v) is 16.1.